The maximum Gasteiger partial charge on any atom is 0.287 e. The van der Waals surface area contributed by atoms with Gasteiger partial charge < -0.3 is 4.98 Å². The Bertz CT molecular complexity index is 503. The maximum absolute atomic E-state index is 12.9. The fraction of sp³-hybridized carbons (Fsp3) is 0.125. The van der Waals surface area contributed by atoms with E-state index in [-0.39, 0.29) is 5.69 Å². The highest BCUT2D eigenvalue weighted by molar-refractivity contribution is 5.51. The Morgan fingerprint density at radius 3 is 2.86 bits per heavy atom. The second-order valence-corrected chi connectivity index (χ2v) is 2.80. The van der Waals surface area contributed by atoms with Crippen LogP contribution >= 0.6 is 0 Å². The quantitative estimate of drug-likeness (QED) is 0.698. The largest absolute Gasteiger partial charge is 0.304 e. The van der Waals surface area contributed by atoms with Crippen molar-refractivity contribution in [3.63, 3.8) is 0 Å². The van der Waals surface area contributed by atoms with E-state index < -0.39 is 11.4 Å². The van der Waals surface area contributed by atoms with Gasteiger partial charge in [-0.05, 0) is 6.92 Å². The molecule has 0 aliphatic heterocycles. The van der Waals surface area contributed by atoms with Gasteiger partial charge >= 0.3 is 0 Å². The predicted molar refractivity (Wildman–Crippen MR) is 47.1 cm³/mol. The number of nitrogens with zero attached hydrogens (tertiary/aromatic N) is 2. The van der Waals surface area contributed by atoms with Gasteiger partial charge in [-0.3, -0.25) is 9.89 Å². The van der Waals surface area contributed by atoms with Crippen molar-refractivity contribution >= 4 is 0 Å². The molecule has 0 saturated heterocycles. The van der Waals surface area contributed by atoms with E-state index in [4.69, 9.17) is 0 Å². The second-order valence-electron chi connectivity index (χ2n) is 2.80. The minimum Gasteiger partial charge on any atom is -0.304 e. The van der Waals surface area contributed by atoms with E-state index in [2.05, 4.69) is 20.2 Å². The number of aromatic nitrogens is 4. The first-order chi connectivity index (χ1) is 6.68. The molecule has 6 heteroatoms. The van der Waals surface area contributed by atoms with Crippen LogP contribution in [0.1, 0.15) is 5.69 Å². The van der Waals surface area contributed by atoms with Crippen molar-refractivity contribution in [3.8, 4) is 11.4 Å². The summed E-state index contributed by atoms with van der Waals surface area (Å²) in [6, 6.07) is 0. The molecule has 0 radical (unpaired) electrons. The van der Waals surface area contributed by atoms with Crippen LogP contribution < -0.4 is 5.56 Å². The van der Waals surface area contributed by atoms with Gasteiger partial charge in [0, 0.05) is 6.20 Å². The smallest absolute Gasteiger partial charge is 0.287 e. The van der Waals surface area contributed by atoms with E-state index in [0.717, 1.165) is 0 Å². The summed E-state index contributed by atoms with van der Waals surface area (Å²) in [7, 11) is 0. The third-order valence-corrected chi connectivity index (χ3v) is 1.80. The first kappa shape index (κ1) is 8.61. The zero-order chi connectivity index (χ0) is 10.1. The minimum absolute atomic E-state index is 0.0740. The van der Waals surface area contributed by atoms with Crippen molar-refractivity contribution in [2.45, 2.75) is 6.92 Å². The van der Waals surface area contributed by atoms with Crippen molar-refractivity contribution < 1.29 is 4.39 Å². The monoisotopic (exact) mass is 194 g/mol. The molecule has 72 valence electrons. The zero-order valence-corrected chi connectivity index (χ0v) is 7.34. The molecule has 0 fully saturated rings. The van der Waals surface area contributed by atoms with Gasteiger partial charge in [-0.15, -0.1) is 0 Å². The second kappa shape index (κ2) is 3.06. The fourth-order valence-corrected chi connectivity index (χ4v) is 1.09. The number of hydrogen-bond donors (Lipinski definition) is 2. The Labute approximate surface area is 78.0 Å². The van der Waals surface area contributed by atoms with Gasteiger partial charge in [0.25, 0.3) is 5.56 Å². The molecule has 0 saturated carbocycles. The molecule has 0 unspecified atom stereocenters. The molecular formula is C8H7FN4O. The van der Waals surface area contributed by atoms with Gasteiger partial charge in [0.2, 0.25) is 5.82 Å². The highest BCUT2D eigenvalue weighted by Gasteiger charge is 2.08. The minimum atomic E-state index is -0.850. The van der Waals surface area contributed by atoms with Crippen molar-refractivity contribution in [1.29, 1.82) is 0 Å². The lowest BCUT2D eigenvalue weighted by atomic mass is 10.3. The summed E-state index contributed by atoms with van der Waals surface area (Å²) in [6.45, 7) is 1.44. The van der Waals surface area contributed by atoms with Gasteiger partial charge in [-0.25, -0.2) is 4.98 Å². The summed E-state index contributed by atoms with van der Waals surface area (Å²) in [4.78, 5) is 17.3. The van der Waals surface area contributed by atoms with Crippen LogP contribution in [0.4, 0.5) is 4.39 Å². The molecule has 2 N–H and O–H groups in total. The average molecular weight is 194 g/mol. The Morgan fingerprint density at radius 2 is 2.29 bits per heavy atom. The first-order valence-corrected chi connectivity index (χ1v) is 3.94. The Hall–Kier alpha value is -1.98. The highest BCUT2D eigenvalue weighted by Crippen LogP contribution is 2.10. The number of hydrogen-bond acceptors (Lipinski definition) is 3. The molecule has 2 aromatic rings. The van der Waals surface area contributed by atoms with E-state index >= 15 is 0 Å². The lowest BCUT2D eigenvalue weighted by molar-refractivity contribution is 0.589. The van der Waals surface area contributed by atoms with Crippen LogP contribution in [0.3, 0.4) is 0 Å². The van der Waals surface area contributed by atoms with Crippen LogP contribution in [0.2, 0.25) is 0 Å². The number of nitrogens with one attached hydrogen (secondary N) is 2. The van der Waals surface area contributed by atoms with Crippen LogP contribution in [-0.4, -0.2) is 20.2 Å². The summed E-state index contributed by atoms with van der Waals surface area (Å²) in [6.07, 6.45) is 3.06. The third kappa shape index (κ3) is 1.30. The number of rotatable bonds is 1. The number of H-pyrrole nitrogens is 2. The Balaban J connectivity index is 2.63. The normalized spacial score (nSPS) is 10.4. The van der Waals surface area contributed by atoms with Gasteiger partial charge in [0.05, 0.1) is 17.5 Å². The van der Waals surface area contributed by atoms with E-state index in [1.165, 1.54) is 13.1 Å². The molecule has 0 aliphatic carbocycles. The van der Waals surface area contributed by atoms with E-state index in [0.29, 0.717) is 11.4 Å². The molecule has 0 amide bonds. The lowest BCUT2D eigenvalue weighted by Gasteiger charge is -1.98. The molecule has 0 aliphatic rings. The van der Waals surface area contributed by atoms with Crippen molar-refractivity contribution in [2.75, 3.05) is 0 Å². The lowest BCUT2D eigenvalue weighted by Crippen LogP contribution is -2.15. The Morgan fingerprint density at radius 1 is 1.50 bits per heavy atom. The average Bonchev–Trinajstić information content (AvgIpc) is 2.66. The molecule has 2 rings (SSSR count). The SMILES string of the molecule is Cc1nc(-c2cn[nH]c2)[nH]c(=O)c1F. The van der Waals surface area contributed by atoms with Crippen LogP contribution in [0, 0.1) is 12.7 Å². The summed E-state index contributed by atoms with van der Waals surface area (Å²) >= 11 is 0. The van der Waals surface area contributed by atoms with Crippen molar-refractivity contribution in [3.05, 3.63) is 34.3 Å². The molecular weight excluding hydrogens is 187 g/mol. The van der Waals surface area contributed by atoms with Crippen LogP contribution in [0.5, 0.6) is 0 Å². The summed E-state index contributed by atoms with van der Waals surface area (Å²) < 4.78 is 12.9. The number of halogens is 1. The van der Waals surface area contributed by atoms with E-state index in [1.807, 2.05) is 0 Å². The molecule has 0 atom stereocenters. The molecule has 2 aromatic heterocycles. The van der Waals surface area contributed by atoms with Crippen LogP contribution in [0.25, 0.3) is 11.4 Å². The summed E-state index contributed by atoms with van der Waals surface area (Å²) in [5, 5.41) is 6.28. The predicted octanol–water partition coefficient (Wildman–Crippen LogP) is 0.608. The van der Waals surface area contributed by atoms with E-state index in [1.54, 1.807) is 6.20 Å². The summed E-state index contributed by atoms with van der Waals surface area (Å²) in [5.74, 6) is -0.542. The topological polar surface area (TPSA) is 74.4 Å². The van der Waals surface area contributed by atoms with Gasteiger partial charge in [-0.1, -0.05) is 0 Å². The molecule has 0 bridgehead atoms. The van der Waals surface area contributed by atoms with Gasteiger partial charge in [0.15, 0.2) is 0 Å². The Kier molecular flexibility index (Phi) is 1.88. The summed E-state index contributed by atoms with van der Waals surface area (Å²) in [5.41, 5.74) is -0.0798. The zero-order valence-electron chi connectivity index (χ0n) is 7.34. The molecule has 0 spiro atoms. The van der Waals surface area contributed by atoms with Crippen molar-refractivity contribution in [1.82, 2.24) is 20.2 Å². The third-order valence-electron chi connectivity index (χ3n) is 1.80. The van der Waals surface area contributed by atoms with Crippen LogP contribution in [0.15, 0.2) is 17.2 Å². The number of aromatic amines is 2. The maximum atomic E-state index is 12.9. The van der Waals surface area contributed by atoms with Crippen molar-refractivity contribution in [2.24, 2.45) is 0 Å². The van der Waals surface area contributed by atoms with Crippen LogP contribution in [-0.2, 0) is 0 Å². The van der Waals surface area contributed by atoms with E-state index in [9.17, 15) is 9.18 Å². The fourth-order valence-electron chi connectivity index (χ4n) is 1.09. The molecule has 5 nitrogen and oxygen atoms in total. The first-order valence-electron chi connectivity index (χ1n) is 3.94. The molecule has 2 heterocycles. The standard InChI is InChI=1S/C8H7FN4O/c1-4-6(9)8(14)13-7(12-4)5-2-10-11-3-5/h2-3H,1H3,(H,10,11)(H,12,13,14). The number of aryl methyl sites for hydroxylation is 1. The van der Waals surface area contributed by atoms with Gasteiger partial charge in [-0.2, -0.15) is 9.49 Å². The molecule has 0 aromatic carbocycles. The molecule has 14 heavy (non-hydrogen) atoms. The van der Waals surface area contributed by atoms with Gasteiger partial charge in [0.1, 0.15) is 5.82 Å². The highest BCUT2D eigenvalue weighted by atomic mass is 19.1.